The number of fused-ring (bicyclic) bond motifs is 1. The van der Waals surface area contributed by atoms with Crippen molar-refractivity contribution in [2.45, 2.75) is 37.5 Å². The Kier molecular flexibility index (Phi) is 6.91. The van der Waals surface area contributed by atoms with E-state index in [4.69, 9.17) is 4.74 Å². The van der Waals surface area contributed by atoms with E-state index in [0.717, 1.165) is 31.2 Å². The van der Waals surface area contributed by atoms with Gasteiger partial charge in [0.25, 0.3) is 0 Å². The Morgan fingerprint density at radius 2 is 1.86 bits per heavy atom. The second kappa shape index (κ2) is 9.59. The molecule has 0 spiro atoms. The number of carbonyl (C=O) groups excluding carboxylic acids is 1. The van der Waals surface area contributed by atoms with Crippen LogP contribution in [0.4, 0.5) is 5.69 Å². The SMILES string of the molecule is CC(=O)Nc1cccc(OCC#CCNS(=O)(=O)c2ccc3c(c2)CCCC3)c1. The highest BCUT2D eigenvalue weighted by molar-refractivity contribution is 7.89. The molecular formula is C22H24N2O4S. The Labute approximate surface area is 171 Å². The van der Waals surface area contributed by atoms with Crippen LogP contribution >= 0.6 is 0 Å². The monoisotopic (exact) mass is 412 g/mol. The molecular weight excluding hydrogens is 388 g/mol. The largest absolute Gasteiger partial charge is 0.481 e. The summed E-state index contributed by atoms with van der Waals surface area (Å²) in [5, 5.41) is 2.68. The third-order valence-electron chi connectivity index (χ3n) is 4.57. The fourth-order valence-corrected chi connectivity index (χ4v) is 4.16. The Balaban J connectivity index is 1.50. The molecule has 7 heteroatoms. The maximum Gasteiger partial charge on any atom is 0.241 e. The van der Waals surface area contributed by atoms with Crippen molar-refractivity contribution in [2.75, 3.05) is 18.5 Å². The number of anilines is 1. The lowest BCUT2D eigenvalue weighted by molar-refractivity contribution is -0.114. The van der Waals surface area contributed by atoms with Gasteiger partial charge in [-0.25, -0.2) is 8.42 Å². The van der Waals surface area contributed by atoms with Crippen LogP contribution in [0, 0.1) is 11.8 Å². The van der Waals surface area contributed by atoms with E-state index in [9.17, 15) is 13.2 Å². The minimum absolute atomic E-state index is 0.00864. The number of sulfonamides is 1. The average molecular weight is 413 g/mol. The molecule has 0 aromatic heterocycles. The molecule has 1 aliphatic carbocycles. The molecule has 0 unspecified atom stereocenters. The molecule has 0 bridgehead atoms. The minimum atomic E-state index is -3.58. The summed E-state index contributed by atoms with van der Waals surface area (Å²) in [5.41, 5.74) is 3.01. The van der Waals surface area contributed by atoms with E-state index >= 15 is 0 Å². The van der Waals surface area contributed by atoms with Gasteiger partial charge in [0.15, 0.2) is 0 Å². The van der Waals surface area contributed by atoms with Gasteiger partial charge in [-0.3, -0.25) is 4.79 Å². The molecule has 0 heterocycles. The zero-order valence-corrected chi connectivity index (χ0v) is 17.1. The van der Waals surface area contributed by atoms with Gasteiger partial charge in [0, 0.05) is 18.7 Å². The van der Waals surface area contributed by atoms with Crippen LogP contribution < -0.4 is 14.8 Å². The number of ether oxygens (including phenoxy) is 1. The first-order valence-electron chi connectivity index (χ1n) is 9.52. The topological polar surface area (TPSA) is 84.5 Å². The molecule has 3 rings (SSSR count). The van der Waals surface area contributed by atoms with Crippen LogP contribution in [0.3, 0.4) is 0 Å². The minimum Gasteiger partial charge on any atom is -0.481 e. The Morgan fingerprint density at radius 3 is 2.66 bits per heavy atom. The predicted molar refractivity (Wildman–Crippen MR) is 112 cm³/mol. The highest BCUT2D eigenvalue weighted by Gasteiger charge is 2.16. The molecule has 2 aromatic rings. The van der Waals surface area contributed by atoms with Gasteiger partial charge in [0.2, 0.25) is 15.9 Å². The molecule has 2 N–H and O–H groups in total. The van der Waals surface area contributed by atoms with Crippen molar-refractivity contribution in [1.29, 1.82) is 0 Å². The lowest BCUT2D eigenvalue weighted by Gasteiger charge is -2.16. The second-order valence-electron chi connectivity index (χ2n) is 6.81. The molecule has 0 saturated carbocycles. The molecule has 1 amide bonds. The van der Waals surface area contributed by atoms with E-state index in [0.29, 0.717) is 11.4 Å². The van der Waals surface area contributed by atoms with Crippen LogP contribution in [0.25, 0.3) is 0 Å². The molecule has 1 aliphatic rings. The van der Waals surface area contributed by atoms with Gasteiger partial charge in [0.1, 0.15) is 12.4 Å². The van der Waals surface area contributed by atoms with E-state index in [1.54, 1.807) is 36.4 Å². The quantitative estimate of drug-likeness (QED) is 0.715. The molecule has 0 saturated heterocycles. The second-order valence-corrected chi connectivity index (χ2v) is 8.58. The van der Waals surface area contributed by atoms with Gasteiger partial charge in [0.05, 0.1) is 11.4 Å². The number of hydrogen-bond acceptors (Lipinski definition) is 4. The average Bonchev–Trinajstić information content (AvgIpc) is 2.70. The molecule has 0 aliphatic heterocycles. The van der Waals surface area contributed by atoms with Gasteiger partial charge in [-0.15, -0.1) is 0 Å². The van der Waals surface area contributed by atoms with Gasteiger partial charge >= 0.3 is 0 Å². The smallest absolute Gasteiger partial charge is 0.241 e. The highest BCUT2D eigenvalue weighted by Crippen LogP contribution is 2.24. The van der Waals surface area contributed by atoms with E-state index in [1.807, 2.05) is 6.07 Å². The summed E-state index contributed by atoms with van der Waals surface area (Å²) in [6.45, 7) is 1.56. The first-order chi connectivity index (χ1) is 13.9. The van der Waals surface area contributed by atoms with Crippen LogP contribution in [0.1, 0.15) is 30.9 Å². The van der Waals surface area contributed by atoms with Crippen LogP contribution in [0.5, 0.6) is 5.75 Å². The molecule has 0 radical (unpaired) electrons. The number of benzene rings is 2. The van der Waals surface area contributed by atoms with Crippen LogP contribution in [0.2, 0.25) is 0 Å². The zero-order chi connectivity index (χ0) is 20.7. The first-order valence-corrected chi connectivity index (χ1v) is 11.0. The molecule has 0 fully saturated rings. The molecule has 2 aromatic carbocycles. The van der Waals surface area contributed by atoms with Crippen LogP contribution in [0.15, 0.2) is 47.4 Å². The normalized spacial score (nSPS) is 13.0. The molecule has 0 atom stereocenters. The number of hydrogen-bond donors (Lipinski definition) is 2. The summed E-state index contributed by atoms with van der Waals surface area (Å²) in [4.78, 5) is 11.4. The van der Waals surface area contributed by atoms with Crippen molar-refractivity contribution in [3.63, 3.8) is 0 Å². The Morgan fingerprint density at radius 1 is 1.07 bits per heavy atom. The lowest BCUT2D eigenvalue weighted by Crippen LogP contribution is -2.24. The van der Waals surface area contributed by atoms with E-state index in [2.05, 4.69) is 21.9 Å². The fraction of sp³-hybridized carbons (Fsp3) is 0.318. The summed E-state index contributed by atoms with van der Waals surface area (Å²) in [6, 6.07) is 12.3. The Bertz CT molecular complexity index is 1050. The molecule has 152 valence electrons. The van der Waals surface area contributed by atoms with Gasteiger partial charge in [-0.05, 0) is 61.1 Å². The predicted octanol–water partition coefficient (Wildman–Crippen LogP) is 2.88. The number of carbonyl (C=O) groups is 1. The number of aryl methyl sites for hydroxylation is 2. The maximum absolute atomic E-state index is 12.5. The standard InChI is InChI=1S/C22H24N2O4S/c1-17(25)24-20-9-6-10-21(16-20)28-14-5-4-13-23-29(26,27)22-12-11-18-7-2-3-8-19(18)15-22/h6,9-12,15-16,23H,2-3,7-8,13-14H2,1H3,(H,24,25). The van der Waals surface area contributed by atoms with Crippen molar-refractivity contribution in [3.05, 3.63) is 53.6 Å². The lowest BCUT2D eigenvalue weighted by atomic mass is 9.92. The van der Waals surface area contributed by atoms with Gasteiger partial charge in [-0.1, -0.05) is 24.0 Å². The maximum atomic E-state index is 12.5. The molecule has 6 nitrogen and oxygen atoms in total. The Hall–Kier alpha value is -2.82. The van der Waals surface area contributed by atoms with Crippen molar-refractivity contribution < 1.29 is 17.9 Å². The summed E-state index contributed by atoms with van der Waals surface area (Å²) in [5.74, 6) is 5.95. The van der Waals surface area contributed by atoms with Crippen molar-refractivity contribution in [3.8, 4) is 17.6 Å². The first kappa shape index (κ1) is 20.9. The third-order valence-corrected chi connectivity index (χ3v) is 5.97. The summed E-state index contributed by atoms with van der Waals surface area (Å²) >= 11 is 0. The highest BCUT2D eigenvalue weighted by atomic mass is 32.2. The number of amides is 1. The van der Waals surface area contributed by atoms with E-state index in [-0.39, 0.29) is 24.0 Å². The van der Waals surface area contributed by atoms with E-state index < -0.39 is 10.0 Å². The number of nitrogens with one attached hydrogen (secondary N) is 2. The zero-order valence-electron chi connectivity index (χ0n) is 16.3. The van der Waals surface area contributed by atoms with Crippen molar-refractivity contribution in [2.24, 2.45) is 0 Å². The van der Waals surface area contributed by atoms with Crippen LogP contribution in [-0.4, -0.2) is 27.5 Å². The summed E-state index contributed by atoms with van der Waals surface area (Å²) in [6.07, 6.45) is 4.21. The van der Waals surface area contributed by atoms with Crippen molar-refractivity contribution in [1.82, 2.24) is 4.72 Å². The van der Waals surface area contributed by atoms with Gasteiger partial charge < -0.3 is 10.1 Å². The van der Waals surface area contributed by atoms with Gasteiger partial charge in [-0.2, -0.15) is 4.72 Å². The van der Waals surface area contributed by atoms with Crippen LogP contribution in [-0.2, 0) is 27.7 Å². The number of rotatable bonds is 6. The van der Waals surface area contributed by atoms with E-state index in [1.165, 1.54) is 12.5 Å². The fourth-order valence-electron chi connectivity index (χ4n) is 3.19. The molecule has 29 heavy (non-hydrogen) atoms. The summed E-state index contributed by atoms with van der Waals surface area (Å²) < 4.78 is 32.9. The van der Waals surface area contributed by atoms with Crippen molar-refractivity contribution >= 4 is 21.6 Å². The third kappa shape index (κ3) is 6.08. The summed E-state index contributed by atoms with van der Waals surface area (Å²) in [7, 11) is -3.58.